The van der Waals surface area contributed by atoms with Gasteiger partial charge in [0.15, 0.2) is 11.4 Å². The van der Waals surface area contributed by atoms with E-state index in [2.05, 4.69) is 20.5 Å². The Kier molecular flexibility index (Phi) is 12.5. The first-order chi connectivity index (χ1) is 29.3. The molecule has 7 rings (SSSR count). The number of rotatable bonds is 11. The zero-order chi connectivity index (χ0) is 44.5. The number of ether oxygens (including phenoxy) is 1. The molecule has 3 N–H and O–H groups in total. The predicted octanol–water partition coefficient (Wildman–Crippen LogP) is 7.56. The van der Waals surface area contributed by atoms with Gasteiger partial charge in [-0.3, -0.25) is 28.7 Å². The van der Waals surface area contributed by atoms with E-state index in [1.807, 2.05) is 0 Å². The average molecular weight is 876 g/mol. The zero-order valence-corrected chi connectivity index (χ0v) is 32.7. The van der Waals surface area contributed by atoms with Gasteiger partial charge in [-0.25, -0.2) is 13.2 Å². The summed E-state index contributed by atoms with van der Waals surface area (Å²) < 4.78 is 135. The molecule has 0 bridgehead atoms. The summed E-state index contributed by atoms with van der Waals surface area (Å²) >= 11 is 0. The average Bonchev–Trinajstić information content (AvgIpc) is 3.50. The number of esters is 1. The molecule has 20 heteroatoms. The quantitative estimate of drug-likeness (QED) is 0.0792. The fraction of sp³-hybridized carbons (Fsp3) is 0.381. The molecule has 0 fully saturated rings. The fourth-order valence-corrected chi connectivity index (χ4v) is 8.23. The number of halogens is 9. The van der Waals surface area contributed by atoms with Crippen molar-refractivity contribution < 1.29 is 58.6 Å². The highest BCUT2D eigenvalue weighted by Crippen LogP contribution is 2.38. The number of amides is 2. The number of carbonyl (C=O) groups is 3. The van der Waals surface area contributed by atoms with Crippen LogP contribution in [0.4, 0.5) is 39.5 Å². The van der Waals surface area contributed by atoms with Gasteiger partial charge in [-0.1, -0.05) is 18.6 Å². The Morgan fingerprint density at radius 3 is 2.10 bits per heavy atom. The summed E-state index contributed by atoms with van der Waals surface area (Å²) in [6.07, 6.45) is -7.77. The minimum atomic E-state index is -4.96. The van der Waals surface area contributed by atoms with Crippen LogP contribution in [0.25, 0.3) is 11.1 Å². The number of primary amides is 1. The molecular weight excluding hydrogens is 837 g/mol. The van der Waals surface area contributed by atoms with Gasteiger partial charge in [-0.15, -0.1) is 0 Å². The number of carbonyl (C=O) groups excluding carboxylic acids is 3. The van der Waals surface area contributed by atoms with Crippen LogP contribution in [0.3, 0.4) is 0 Å². The molecule has 2 aromatic carbocycles. The molecule has 328 valence electrons. The van der Waals surface area contributed by atoms with Crippen LogP contribution < -0.4 is 11.1 Å². The molecule has 0 spiro atoms. The van der Waals surface area contributed by atoms with E-state index in [0.29, 0.717) is 31.0 Å². The molecule has 2 atom stereocenters. The highest BCUT2D eigenvalue weighted by Gasteiger charge is 2.41. The van der Waals surface area contributed by atoms with Crippen molar-refractivity contribution in [2.75, 3.05) is 0 Å². The monoisotopic (exact) mass is 875 g/mol. The number of fused-ring (bicyclic) bond motifs is 2. The highest BCUT2D eigenvalue weighted by atomic mass is 19.4. The lowest BCUT2D eigenvalue weighted by Crippen LogP contribution is -2.34. The molecule has 62 heavy (non-hydrogen) atoms. The largest absolute Gasteiger partial charge is 0.461 e. The molecule has 11 nitrogen and oxygen atoms in total. The zero-order valence-electron chi connectivity index (χ0n) is 32.7. The van der Waals surface area contributed by atoms with E-state index in [9.17, 15) is 53.9 Å². The van der Waals surface area contributed by atoms with Crippen molar-refractivity contribution in [2.45, 2.75) is 102 Å². The van der Waals surface area contributed by atoms with Gasteiger partial charge in [0.05, 0.1) is 17.3 Å². The van der Waals surface area contributed by atoms with Gasteiger partial charge in [0.1, 0.15) is 36.6 Å². The van der Waals surface area contributed by atoms with Crippen molar-refractivity contribution >= 4 is 17.8 Å². The van der Waals surface area contributed by atoms with Crippen LogP contribution in [-0.2, 0) is 71.9 Å². The first-order valence-electron chi connectivity index (χ1n) is 19.7. The number of hydrogen-bond donors (Lipinski definition) is 2. The number of pyridine rings is 1. The summed E-state index contributed by atoms with van der Waals surface area (Å²) in [6.45, 7) is -1.40. The van der Waals surface area contributed by atoms with Gasteiger partial charge in [0, 0.05) is 40.3 Å². The molecule has 3 heterocycles. The second-order valence-corrected chi connectivity index (χ2v) is 15.2. The predicted molar refractivity (Wildman–Crippen MR) is 201 cm³/mol. The van der Waals surface area contributed by atoms with E-state index < -0.39 is 89.8 Å². The lowest BCUT2D eigenvalue weighted by Gasteiger charge is -2.22. The first-order valence-corrected chi connectivity index (χ1v) is 19.7. The van der Waals surface area contributed by atoms with E-state index in [1.54, 1.807) is 0 Å². The highest BCUT2D eigenvalue weighted by molar-refractivity contribution is 5.94. The Balaban J connectivity index is 1.13. The summed E-state index contributed by atoms with van der Waals surface area (Å²) in [5, 5.41) is 10.2. The summed E-state index contributed by atoms with van der Waals surface area (Å²) in [5.74, 6) is -5.62. The number of aromatic nitrogens is 5. The number of alkyl halides is 6. The SMILES string of the molecule is NC(=O)c1cc(-c2cccnc2[C@H](Cc2cc(F)cc(F)c2)NC(=O)Cn2nc(C(F)(F)F)c3c2CCC(OC(=O)Cn2nc(C(F)(F)F)c4c2CCCCC4)CC3)ccc1F. The van der Waals surface area contributed by atoms with Crippen LogP contribution in [0, 0.1) is 17.5 Å². The van der Waals surface area contributed by atoms with Crippen molar-refractivity contribution in [3.05, 3.63) is 123 Å². The van der Waals surface area contributed by atoms with Gasteiger partial charge >= 0.3 is 18.3 Å². The van der Waals surface area contributed by atoms with Gasteiger partial charge in [-0.2, -0.15) is 36.5 Å². The smallest absolute Gasteiger partial charge is 0.435 e. The Labute approximate surface area is 347 Å². The maximum atomic E-state index is 14.4. The molecule has 2 aliphatic rings. The van der Waals surface area contributed by atoms with Crippen LogP contribution >= 0.6 is 0 Å². The number of hydrogen-bond acceptors (Lipinski definition) is 7. The first kappa shape index (κ1) is 43.9. The maximum Gasteiger partial charge on any atom is 0.435 e. The summed E-state index contributed by atoms with van der Waals surface area (Å²) in [4.78, 5) is 43.3. The molecule has 0 saturated carbocycles. The molecular formula is C42H38F9N7O4. The minimum Gasteiger partial charge on any atom is -0.461 e. The van der Waals surface area contributed by atoms with Crippen LogP contribution in [0.5, 0.6) is 0 Å². The van der Waals surface area contributed by atoms with Gasteiger partial charge in [0.25, 0.3) is 5.91 Å². The third kappa shape index (κ3) is 9.78. The van der Waals surface area contributed by atoms with Crippen LogP contribution in [-0.4, -0.2) is 48.4 Å². The Morgan fingerprint density at radius 2 is 1.42 bits per heavy atom. The summed E-state index contributed by atoms with van der Waals surface area (Å²) in [6, 6.07) is 7.98. The van der Waals surface area contributed by atoms with Crippen molar-refractivity contribution in [1.29, 1.82) is 0 Å². The molecule has 2 amide bonds. The number of benzene rings is 2. The lowest BCUT2D eigenvalue weighted by atomic mass is 9.94. The van der Waals surface area contributed by atoms with Crippen LogP contribution in [0.2, 0.25) is 0 Å². The Morgan fingerprint density at radius 1 is 0.790 bits per heavy atom. The number of nitrogens with zero attached hydrogens (tertiary/aromatic N) is 5. The molecule has 0 radical (unpaired) electrons. The second kappa shape index (κ2) is 17.6. The Bertz CT molecular complexity index is 2490. The Hall–Kier alpha value is -6.21. The molecule has 1 unspecified atom stereocenters. The van der Waals surface area contributed by atoms with E-state index in [-0.39, 0.29) is 84.2 Å². The van der Waals surface area contributed by atoms with E-state index in [1.165, 1.54) is 24.4 Å². The van der Waals surface area contributed by atoms with Gasteiger partial charge in [0.2, 0.25) is 5.91 Å². The summed E-state index contributed by atoms with van der Waals surface area (Å²) in [5.41, 5.74) is 3.39. The van der Waals surface area contributed by atoms with Crippen LogP contribution in [0.15, 0.2) is 54.7 Å². The van der Waals surface area contributed by atoms with Crippen molar-refractivity contribution in [3.63, 3.8) is 0 Å². The standard InChI is InChI=1S/C42H38F9N7O4/c43-24-15-22(16-25(44)19-24)17-32(37-27(6-4-14-53-37)23-8-12-31(45)30(18-23)40(52)61)54-35(59)20-57-34-13-10-26(9-11-29(34)39(55-57)42(49,50)51)62-36(60)21-58-33-7-3-1-2-5-28(33)38(56-58)41(46,47)48/h4,6,8,12,14-16,18-19,26,32H,1-3,5,7,9-11,13,17,20-21H2,(H2,52,61)(H,54,59)/t26?,32-/m0/s1. The second-order valence-electron chi connectivity index (χ2n) is 15.2. The van der Waals surface area contributed by atoms with Crippen molar-refractivity contribution in [2.24, 2.45) is 5.73 Å². The van der Waals surface area contributed by atoms with Crippen molar-refractivity contribution in [1.82, 2.24) is 29.9 Å². The van der Waals surface area contributed by atoms with Gasteiger partial charge in [-0.05, 0) is 99.2 Å². The topological polar surface area (TPSA) is 147 Å². The van der Waals surface area contributed by atoms with Crippen LogP contribution in [0.1, 0.15) is 93.7 Å². The van der Waals surface area contributed by atoms with E-state index >= 15 is 0 Å². The van der Waals surface area contributed by atoms with Gasteiger partial charge < -0.3 is 15.8 Å². The normalized spacial score (nSPS) is 16.1. The number of nitrogens with one attached hydrogen (secondary N) is 1. The maximum absolute atomic E-state index is 14.4. The molecule has 0 saturated heterocycles. The van der Waals surface area contributed by atoms with E-state index in [4.69, 9.17) is 10.5 Å². The fourth-order valence-electron chi connectivity index (χ4n) is 8.23. The molecule has 0 aliphatic heterocycles. The van der Waals surface area contributed by atoms with Crippen molar-refractivity contribution in [3.8, 4) is 11.1 Å². The number of nitrogens with two attached hydrogens (primary N) is 1. The third-order valence-corrected chi connectivity index (χ3v) is 10.9. The minimum absolute atomic E-state index is 0.00954. The third-order valence-electron chi connectivity index (χ3n) is 10.9. The molecule has 5 aromatic rings. The van der Waals surface area contributed by atoms with E-state index in [0.717, 1.165) is 33.6 Å². The lowest BCUT2D eigenvalue weighted by molar-refractivity contribution is -0.151. The molecule has 2 aliphatic carbocycles. The summed E-state index contributed by atoms with van der Waals surface area (Å²) in [7, 11) is 0. The molecule has 3 aromatic heterocycles.